The van der Waals surface area contributed by atoms with Gasteiger partial charge in [-0.15, -0.1) is 12.4 Å². The smallest absolute Gasteiger partial charge is 0.252 e. The maximum atomic E-state index is 12.3. The summed E-state index contributed by atoms with van der Waals surface area (Å²) in [5.74, 6) is 0.173. The minimum Gasteiger partial charge on any atom is -0.365 e. The van der Waals surface area contributed by atoms with Crippen LogP contribution in [0.15, 0.2) is 18.3 Å². The van der Waals surface area contributed by atoms with Crippen molar-refractivity contribution in [2.24, 2.45) is 17.4 Å². The average Bonchev–Trinajstić information content (AvgIpc) is 2.53. The highest BCUT2D eigenvalue weighted by Crippen LogP contribution is 2.19. The summed E-state index contributed by atoms with van der Waals surface area (Å²) in [6, 6.07) is 2.88. The molecule has 1 aromatic rings. The van der Waals surface area contributed by atoms with E-state index in [4.69, 9.17) is 11.5 Å². The van der Waals surface area contributed by atoms with Gasteiger partial charge in [-0.1, -0.05) is 13.8 Å². The van der Waals surface area contributed by atoms with Gasteiger partial charge in [-0.25, -0.2) is 4.98 Å². The van der Waals surface area contributed by atoms with Gasteiger partial charge in [-0.2, -0.15) is 0 Å². The zero-order chi connectivity index (χ0) is 16.3. The van der Waals surface area contributed by atoms with Crippen molar-refractivity contribution < 1.29 is 9.59 Å². The van der Waals surface area contributed by atoms with Crippen molar-refractivity contribution in [3.63, 3.8) is 0 Å². The number of halogens is 1. The van der Waals surface area contributed by atoms with Gasteiger partial charge in [0.15, 0.2) is 0 Å². The summed E-state index contributed by atoms with van der Waals surface area (Å²) in [6.07, 6.45) is 1.63. The molecule has 7 nitrogen and oxygen atoms in total. The number of carbonyl (C=O) groups excluding carboxylic acids is 2. The number of rotatable bonds is 4. The van der Waals surface area contributed by atoms with Gasteiger partial charge in [0.1, 0.15) is 5.82 Å². The summed E-state index contributed by atoms with van der Waals surface area (Å²) in [4.78, 5) is 31.7. The van der Waals surface area contributed by atoms with Crippen molar-refractivity contribution in [2.45, 2.75) is 19.9 Å². The van der Waals surface area contributed by atoms with E-state index in [2.05, 4.69) is 4.98 Å². The Kier molecular flexibility index (Phi) is 6.78. The first-order valence-corrected chi connectivity index (χ1v) is 7.46. The molecule has 0 unspecified atom stereocenters. The van der Waals surface area contributed by atoms with Crippen LogP contribution in [0.5, 0.6) is 0 Å². The van der Waals surface area contributed by atoms with E-state index in [0.717, 1.165) is 0 Å². The Morgan fingerprint density at radius 2 is 1.83 bits per heavy atom. The number of hydrogen-bond acceptors (Lipinski definition) is 5. The molecule has 0 saturated carbocycles. The maximum Gasteiger partial charge on any atom is 0.252 e. The van der Waals surface area contributed by atoms with Crippen LogP contribution in [0.4, 0.5) is 5.82 Å². The van der Waals surface area contributed by atoms with E-state index < -0.39 is 11.9 Å². The van der Waals surface area contributed by atoms with E-state index in [0.29, 0.717) is 37.6 Å². The molecule has 0 aromatic carbocycles. The van der Waals surface area contributed by atoms with Gasteiger partial charge in [-0.3, -0.25) is 9.59 Å². The number of carbonyl (C=O) groups is 2. The predicted molar refractivity (Wildman–Crippen MR) is 91.6 cm³/mol. The van der Waals surface area contributed by atoms with Crippen LogP contribution in [-0.4, -0.2) is 53.9 Å². The number of primary amides is 1. The molecular weight excluding hydrogens is 318 g/mol. The van der Waals surface area contributed by atoms with Crippen molar-refractivity contribution in [1.29, 1.82) is 0 Å². The van der Waals surface area contributed by atoms with E-state index in [1.54, 1.807) is 23.2 Å². The topological polar surface area (TPSA) is 106 Å². The highest BCUT2D eigenvalue weighted by Gasteiger charge is 2.28. The lowest BCUT2D eigenvalue weighted by Gasteiger charge is -2.37. The largest absolute Gasteiger partial charge is 0.365 e. The monoisotopic (exact) mass is 341 g/mol. The van der Waals surface area contributed by atoms with Gasteiger partial charge in [0.05, 0.1) is 11.6 Å². The SMILES string of the molecule is CC(C)[C@H](N)C(=O)N1CCN(c2ncccc2C(N)=O)CC1.Cl. The third-order valence-corrected chi connectivity index (χ3v) is 3.95. The molecule has 1 aliphatic rings. The highest BCUT2D eigenvalue weighted by molar-refractivity contribution is 5.97. The molecule has 1 saturated heterocycles. The number of nitrogens with two attached hydrogens (primary N) is 2. The molecule has 1 fully saturated rings. The Morgan fingerprint density at radius 3 is 2.35 bits per heavy atom. The van der Waals surface area contributed by atoms with Crippen LogP contribution in [0.3, 0.4) is 0 Å². The Bertz CT molecular complexity index is 559. The quantitative estimate of drug-likeness (QED) is 0.815. The number of amides is 2. The van der Waals surface area contributed by atoms with Crippen molar-refractivity contribution in [2.75, 3.05) is 31.1 Å². The van der Waals surface area contributed by atoms with E-state index >= 15 is 0 Å². The zero-order valence-corrected chi connectivity index (χ0v) is 14.3. The second kappa shape index (κ2) is 8.12. The van der Waals surface area contributed by atoms with Gasteiger partial charge in [0.25, 0.3) is 5.91 Å². The van der Waals surface area contributed by atoms with Crippen LogP contribution in [0.2, 0.25) is 0 Å². The normalized spacial score (nSPS) is 16.0. The number of hydrogen-bond donors (Lipinski definition) is 2. The van der Waals surface area contributed by atoms with Crippen LogP contribution >= 0.6 is 12.4 Å². The summed E-state index contributed by atoms with van der Waals surface area (Å²) < 4.78 is 0. The Hall–Kier alpha value is -1.86. The second-order valence-corrected chi connectivity index (χ2v) is 5.82. The lowest BCUT2D eigenvalue weighted by molar-refractivity contribution is -0.133. The molecule has 1 atom stereocenters. The van der Waals surface area contributed by atoms with Gasteiger partial charge in [-0.05, 0) is 18.1 Å². The number of pyridine rings is 1. The Labute approximate surface area is 142 Å². The van der Waals surface area contributed by atoms with Gasteiger partial charge in [0.2, 0.25) is 5.91 Å². The molecule has 2 amide bonds. The van der Waals surface area contributed by atoms with Gasteiger partial charge < -0.3 is 21.3 Å². The number of nitrogens with zero attached hydrogens (tertiary/aromatic N) is 3. The second-order valence-electron chi connectivity index (χ2n) is 5.82. The fourth-order valence-electron chi connectivity index (χ4n) is 2.48. The van der Waals surface area contributed by atoms with Crippen LogP contribution in [0.1, 0.15) is 24.2 Å². The first-order chi connectivity index (χ1) is 10.4. The van der Waals surface area contributed by atoms with E-state index in [1.165, 1.54) is 0 Å². The van der Waals surface area contributed by atoms with Crippen LogP contribution in [0.25, 0.3) is 0 Å². The van der Waals surface area contributed by atoms with Crippen LogP contribution in [-0.2, 0) is 4.79 Å². The molecule has 8 heteroatoms. The third-order valence-electron chi connectivity index (χ3n) is 3.95. The van der Waals surface area contributed by atoms with Crippen molar-refractivity contribution in [3.8, 4) is 0 Å². The molecule has 0 radical (unpaired) electrons. The molecule has 0 spiro atoms. The van der Waals surface area contributed by atoms with Gasteiger partial charge >= 0.3 is 0 Å². The van der Waals surface area contributed by atoms with E-state index in [1.807, 2.05) is 18.7 Å². The van der Waals surface area contributed by atoms with Gasteiger partial charge in [0, 0.05) is 32.4 Å². The maximum absolute atomic E-state index is 12.3. The first kappa shape index (κ1) is 19.2. The standard InChI is InChI=1S/C15H23N5O2.ClH/c1-10(2)12(16)15(22)20-8-6-19(7-9-20)14-11(13(17)21)4-3-5-18-14;/h3-5,10,12H,6-9,16H2,1-2H3,(H2,17,21);1H/t12-;/m0./s1. The molecule has 0 aliphatic carbocycles. The van der Waals surface area contributed by atoms with E-state index in [-0.39, 0.29) is 24.2 Å². The van der Waals surface area contributed by atoms with E-state index in [9.17, 15) is 9.59 Å². The molecule has 0 bridgehead atoms. The molecule has 128 valence electrons. The third kappa shape index (κ3) is 4.33. The molecule has 1 aliphatic heterocycles. The summed E-state index contributed by atoms with van der Waals surface area (Å²) in [6.45, 7) is 6.21. The lowest BCUT2D eigenvalue weighted by atomic mass is 10.0. The highest BCUT2D eigenvalue weighted by atomic mass is 35.5. The number of piperazine rings is 1. The average molecular weight is 342 g/mol. The molecule has 4 N–H and O–H groups in total. The molecule has 2 rings (SSSR count). The summed E-state index contributed by atoms with van der Waals surface area (Å²) in [5, 5.41) is 0. The van der Waals surface area contributed by atoms with Crippen molar-refractivity contribution in [1.82, 2.24) is 9.88 Å². The zero-order valence-electron chi connectivity index (χ0n) is 13.4. The van der Waals surface area contributed by atoms with Crippen LogP contribution in [0, 0.1) is 5.92 Å². The predicted octanol–water partition coefficient (Wildman–Crippen LogP) is 0.234. The number of anilines is 1. The lowest BCUT2D eigenvalue weighted by Crippen LogP contribution is -2.54. The first-order valence-electron chi connectivity index (χ1n) is 7.46. The van der Waals surface area contributed by atoms with Crippen LogP contribution < -0.4 is 16.4 Å². The summed E-state index contributed by atoms with van der Waals surface area (Å²) in [7, 11) is 0. The minimum absolute atomic E-state index is 0. The van der Waals surface area contributed by atoms with Crippen molar-refractivity contribution in [3.05, 3.63) is 23.9 Å². The number of aromatic nitrogens is 1. The fourth-order valence-corrected chi connectivity index (χ4v) is 2.48. The van der Waals surface area contributed by atoms with Crippen molar-refractivity contribution >= 4 is 30.0 Å². The fraction of sp³-hybridized carbons (Fsp3) is 0.533. The molecule has 2 heterocycles. The summed E-state index contributed by atoms with van der Waals surface area (Å²) >= 11 is 0. The molecule has 1 aromatic heterocycles. The minimum atomic E-state index is -0.497. The molecular formula is C15H24ClN5O2. The summed E-state index contributed by atoms with van der Waals surface area (Å²) in [5.41, 5.74) is 11.7. The Balaban J connectivity index is 0.00000264. The Morgan fingerprint density at radius 1 is 1.22 bits per heavy atom. The molecule has 23 heavy (non-hydrogen) atoms.